The molecule has 1 heterocycles. The van der Waals surface area contributed by atoms with Crippen molar-refractivity contribution in [2.45, 2.75) is 19.4 Å². The predicted octanol–water partition coefficient (Wildman–Crippen LogP) is 1.32. The first kappa shape index (κ1) is 11.4. The molecule has 1 amide bonds. The Morgan fingerprint density at radius 3 is 3.00 bits per heavy atom. The van der Waals surface area contributed by atoms with Gasteiger partial charge in [0.15, 0.2) is 0 Å². The number of aromatic nitrogens is 1. The van der Waals surface area contributed by atoms with Crippen molar-refractivity contribution < 1.29 is 4.79 Å². The predicted molar refractivity (Wildman–Crippen MR) is 57.4 cm³/mol. The van der Waals surface area contributed by atoms with E-state index in [9.17, 15) is 4.79 Å². The number of amides is 1. The smallest absolute Gasteiger partial charge is 0.241 e. The van der Waals surface area contributed by atoms with Gasteiger partial charge in [0.2, 0.25) is 5.91 Å². The maximum absolute atomic E-state index is 11.1. The van der Waals surface area contributed by atoms with E-state index < -0.39 is 11.9 Å². The fraction of sp³-hybridized carbons (Fsp3) is 0.500. The third-order valence-electron chi connectivity index (χ3n) is 1.63. The van der Waals surface area contributed by atoms with E-state index in [1.54, 1.807) is 0 Å². The Kier molecular flexibility index (Phi) is 4.31. The number of thiazole rings is 1. The lowest BCUT2D eigenvalue weighted by molar-refractivity contribution is -0.120. The molecule has 1 atom stereocenters. The number of carbonyl (C=O) groups is 1. The molecule has 1 rings (SSSR count). The highest BCUT2D eigenvalue weighted by atomic mass is 35.5. The third kappa shape index (κ3) is 2.94. The SMILES string of the molecule is CCCNC(C(N)=O)c1ncc(Cl)s1. The van der Waals surface area contributed by atoms with Gasteiger partial charge in [-0.05, 0) is 13.0 Å². The molecule has 1 unspecified atom stereocenters. The van der Waals surface area contributed by atoms with Gasteiger partial charge < -0.3 is 11.1 Å². The summed E-state index contributed by atoms with van der Waals surface area (Å²) in [6, 6.07) is -0.521. The molecule has 0 saturated heterocycles. The first-order chi connectivity index (χ1) is 6.65. The van der Waals surface area contributed by atoms with E-state index in [1.165, 1.54) is 17.5 Å². The molecule has 3 N–H and O–H groups in total. The number of rotatable bonds is 5. The molecule has 0 fully saturated rings. The molecule has 0 bridgehead atoms. The molecule has 14 heavy (non-hydrogen) atoms. The first-order valence-corrected chi connectivity index (χ1v) is 5.48. The highest BCUT2D eigenvalue weighted by molar-refractivity contribution is 7.16. The second-order valence-electron chi connectivity index (χ2n) is 2.79. The Labute approximate surface area is 91.5 Å². The molecule has 0 radical (unpaired) electrons. The zero-order valence-corrected chi connectivity index (χ0v) is 9.36. The molecular formula is C8H12ClN3OS. The molecule has 0 aliphatic carbocycles. The van der Waals surface area contributed by atoms with Crippen LogP contribution in [0, 0.1) is 0 Å². The van der Waals surface area contributed by atoms with Crippen LogP contribution < -0.4 is 11.1 Å². The van der Waals surface area contributed by atoms with Crippen LogP contribution in [0.15, 0.2) is 6.20 Å². The van der Waals surface area contributed by atoms with Gasteiger partial charge in [0.1, 0.15) is 15.4 Å². The quantitative estimate of drug-likeness (QED) is 0.806. The molecule has 1 aromatic rings. The molecular weight excluding hydrogens is 222 g/mol. The maximum Gasteiger partial charge on any atom is 0.241 e. The van der Waals surface area contributed by atoms with Gasteiger partial charge in [-0.1, -0.05) is 18.5 Å². The highest BCUT2D eigenvalue weighted by Gasteiger charge is 2.19. The average molecular weight is 234 g/mol. The molecule has 6 heteroatoms. The minimum atomic E-state index is -0.521. The number of nitrogens with two attached hydrogens (primary N) is 1. The van der Waals surface area contributed by atoms with Crippen molar-refractivity contribution in [1.82, 2.24) is 10.3 Å². The topological polar surface area (TPSA) is 68.0 Å². The summed E-state index contributed by atoms with van der Waals surface area (Å²) in [4.78, 5) is 15.1. The van der Waals surface area contributed by atoms with Crippen LogP contribution in [-0.4, -0.2) is 17.4 Å². The minimum Gasteiger partial charge on any atom is -0.368 e. The van der Waals surface area contributed by atoms with Crippen molar-refractivity contribution in [2.75, 3.05) is 6.54 Å². The Balaban J connectivity index is 2.72. The summed E-state index contributed by atoms with van der Waals surface area (Å²) in [5, 5.41) is 3.63. The van der Waals surface area contributed by atoms with Gasteiger partial charge in [-0.2, -0.15) is 0 Å². The molecule has 0 aliphatic rings. The molecule has 1 aromatic heterocycles. The molecule has 78 valence electrons. The number of hydrogen-bond acceptors (Lipinski definition) is 4. The van der Waals surface area contributed by atoms with Gasteiger partial charge in [0.25, 0.3) is 0 Å². The van der Waals surface area contributed by atoms with E-state index in [0.717, 1.165) is 13.0 Å². The van der Waals surface area contributed by atoms with Crippen molar-refractivity contribution in [3.63, 3.8) is 0 Å². The average Bonchev–Trinajstić information content (AvgIpc) is 2.52. The second kappa shape index (κ2) is 5.29. The number of nitrogens with zero attached hydrogens (tertiary/aromatic N) is 1. The molecule has 0 aliphatic heterocycles. The Hall–Kier alpha value is -0.650. The number of halogens is 1. The Bertz CT molecular complexity index is 315. The zero-order valence-electron chi connectivity index (χ0n) is 7.79. The molecule has 0 aromatic carbocycles. The number of hydrogen-bond donors (Lipinski definition) is 2. The van der Waals surface area contributed by atoms with Crippen LogP contribution in [0.1, 0.15) is 24.4 Å². The summed E-state index contributed by atoms with van der Waals surface area (Å²) in [6.07, 6.45) is 2.45. The third-order valence-corrected chi connectivity index (χ3v) is 2.80. The monoisotopic (exact) mass is 233 g/mol. The second-order valence-corrected chi connectivity index (χ2v) is 4.49. The van der Waals surface area contributed by atoms with Crippen LogP contribution in [0.4, 0.5) is 0 Å². The minimum absolute atomic E-state index is 0.426. The molecule has 0 spiro atoms. The lowest BCUT2D eigenvalue weighted by Gasteiger charge is -2.11. The maximum atomic E-state index is 11.1. The Morgan fingerprint density at radius 1 is 1.86 bits per heavy atom. The normalized spacial score (nSPS) is 12.7. The standard InChI is InChI=1S/C8H12ClN3OS/c1-2-3-11-6(7(10)13)8-12-4-5(9)14-8/h4,6,11H,2-3H2,1H3,(H2,10,13). The summed E-state index contributed by atoms with van der Waals surface area (Å²) in [5.41, 5.74) is 5.24. The van der Waals surface area contributed by atoms with Crippen molar-refractivity contribution in [3.05, 3.63) is 15.5 Å². The van der Waals surface area contributed by atoms with E-state index >= 15 is 0 Å². The Morgan fingerprint density at radius 2 is 2.57 bits per heavy atom. The summed E-state index contributed by atoms with van der Waals surface area (Å²) in [6.45, 7) is 2.74. The molecule has 0 saturated carbocycles. The number of primary amides is 1. The fourth-order valence-electron chi connectivity index (χ4n) is 0.999. The zero-order chi connectivity index (χ0) is 10.6. The van der Waals surface area contributed by atoms with Crippen LogP contribution in [0.3, 0.4) is 0 Å². The first-order valence-electron chi connectivity index (χ1n) is 4.29. The van der Waals surface area contributed by atoms with Gasteiger partial charge in [-0.3, -0.25) is 4.79 Å². The van der Waals surface area contributed by atoms with E-state index in [-0.39, 0.29) is 0 Å². The van der Waals surface area contributed by atoms with Crippen LogP contribution in [0.2, 0.25) is 4.34 Å². The van der Waals surface area contributed by atoms with Crippen LogP contribution in [0.5, 0.6) is 0 Å². The largest absolute Gasteiger partial charge is 0.368 e. The summed E-state index contributed by atoms with van der Waals surface area (Å²) < 4.78 is 0.560. The highest BCUT2D eigenvalue weighted by Crippen LogP contribution is 2.23. The van der Waals surface area contributed by atoms with Gasteiger partial charge in [-0.25, -0.2) is 4.98 Å². The van der Waals surface area contributed by atoms with E-state index in [4.69, 9.17) is 17.3 Å². The van der Waals surface area contributed by atoms with Gasteiger partial charge >= 0.3 is 0 Å². The molecule has 4 nitrogen and oxygen atoms in total. The van der Waals surface area contributed by atoms with Crippen molar-refractivity contribution in [1.29, 1.82) is 0 Å². The van der Waals surface area contributed by atoms with E-state index in [1.807, 2.05) is 6.92 Å². The van der Waals surface area contributed by atoms with Gasteiger partial charge in [0, 0.05) is 0 Å². The summed E-state index contributed by atoms with van der Waals surface area (Å²) >= 11 is 6.98. The number of carbonyl (C=O) groups excluding carboxylic acids is 1. The fourth-order valence-corrected chi connectivity index (χ4v) is 2.01. The lowest BCUT2D eigenvalue weighted by atomic mass is 10.3. The van der Waals surface area contributed by atoms with Crippen molar-refractivity contribution >= 4 is 28.8 Å². The summed E-state index contributed by atoms with van der Waals surface area (Å²) in [5.74, 6) is -0.426. The van der Waals surface area contributed by atoms with Gasteiger partial charge in [0.05, 0.1) is 6.20 Å². The van der Waals surface area contributed by atoms with Crippen molar-refractivity contribution in [3.8, 4) is 0 Å². The van der Waals surface area contributed by atoms with Crippen molar-refractivity contribution in [2.24, 2.45) is 5.73 Å². The van der Waals surface area contributed by atoms with Crippen LogP contribution in [0.25, 0.3) is 0 Å². The van der Waals surface area contributed by atoms with Crippen LogP contribution in [-0.2, 0) is 4.79 Å². The van der Waals surface area contributed by atoms with E-state index in [0.29, 0.717) is 9.34 Å². The van der Waals surface area contributed by atoms with E-state index in [2.05, 4.69) is 10.3 Å². The van der Waals surface area contributed by atoms with Gasteiger partial charge in [-0.15, -0.1) is 11.3 Å². The number of nitrogens with one attached hydrogen (secondary N) is 1. The lowest BCUT2D eigenvalue weighted by Crippen LogP contribution is -2.33. The van der Waals surface area contributed by atoms with Crippen LogP contribution >= 0.6 is 22.9 Å². The summed E-state index contributed by atoms with van der Waals surface area (Å²) in [7, 11) is 0.